The summed E-state index contributed by atoms with van der Waals surface area (Å²) in [5.74, 6) is 2.68. The van der Waals surface area contributed by atoms with E-state index in [0.29, 0.717) is 0 Å². The van der Waals surface area contributed by atoms with Crippen molar-refractivity contribution in [3.8, 4) is 5.75 Å². The van der Waals surface area contributed by atoms with Crippen LogP contribution in [0.25, 0.3) is 0 Å². The van der Waals surface area contributed by atoms with Crippen LogP contribution in [-0.4, -0.2) is 30.7 Å². The van der Waals surface area contributed by atoms with Crippen molar-refractivity contribution in [2.24, 2.45) is 0 Å². The summed E-state index contributed by atoms with van der Waals surface area (Å²) in [7, 11) is 3.56. The molecule has 5 nitrogen and oxygen atoms in total. The van der Waals surface area contributed by atoms with Gasteiger partial charge in [0.2, 0.25) is 0 Å². The van der Waals surface area contributed by atoms with E-state index in [2.05, 4.69) is 39.7 Å². The molecule has 0 spiro atoms. The molecule has 112 valence electrons. The third-order valence-electron chi connectivity index (χ3n) is 3.40. The van der Waals surface area contributed by atoms with Gasteiger partial charge in [0.25, 0.3) is 0 Å². The maximum atomic E-state index is 5.16. The molecule has 5 heteroatoms. The second-order valence-corrected chi connectivity index (χ2v) is 4.68. The first-order valence-corrected chi connectivity index (χ1v) is 7.17. The minimum Gasteiger partial charge on any atom is -0.497 e. The van der Waals surface area contributed by atoms with Crippen LogP contribution < -0.4 is 15.4 Å². The quantitative estimate of drug-likeness (QED) is 0.819. The second-order valence-electron chi connectivity index (χ2n) is 4.68. The van der Waals surface area contributed by atoms with Gasteiger partial charge in [0.05, 0.1) is 7.11 Å². The van der Waals surface area contributed by atoms with Crippen molar-refractivity contribution >= 4 is 11.6 Å². The Bertz CT molecular complexity index is 569. The standard InChI is InChI=1S/C16H22N4O/c1-4-14-15(17-2)19-11-20-16(14)18-10-9-12-5-7-13(21-3)8-6-12/h5-8,11H,4,9-10H2,1-3H3,(H2,17,18,19,20). The fourth-order valence-electron chi connectivity index (χ4n) is 2.23. The number of hydrogen-bond donors (Lipinski definition) is 2. The third-order valence-corrected chi connectivity index (χ3v) is 3.40. The summed E-state index contributed by atoms with van der Waals surface area (Å²) >= 11 is 0. The van der Waals surface area contributed by atoms with E-state index in [-0.39, 0.29) is 0 Å². The Morgan fingerprint density at radius 2 is 1.81 bits per heavy atom. The van der Waals surface area contributed by atoms with Crippen LogP contribution >= 0.6 is 0 Å². The van der Waals surface area contributed by atoms with E-state index < -0.39 is 0 Å². The van der Waals surface area contributed by atoms with Crippen molar-refractivity contribution in [2.45, 2.75) is 19.8 Å². The smallest absolute Gasteiger partial charge is 0.134 e. The second kappa shape index (κ2) is 7.47. The van der Waals surface area contributed by atoms with Gasteiger partial charge in [-0.05, 0) is 30.5 Å². The number of aromatic nitrogens is 2. The van der Waals surface area contributed by atoms with Gasteiger partial charge in [-0.3, -0.25) is 0 Å². The van der Waals surface area contributed by atoms with Gasteiger partial charge in [0, 0.05) is 19.2 Å². The summed E-state index contributed by atoms with van der Waals surface area (Å²) in [6.45, 7) is 2.94. The van der Waals surface area contributed by atoms with Crippen molar-refractivity contribution < 1.29 is 4.74 Å². The van der Waals surface area contributed by atoms with E-state index >= 15 is 0 Å². The molecule has 2 N–H and O–H groups in total. The number of methoxy groups -OCH3 is 1. The third kappa shape index (κ3) is 3.84. The van der Waals surface area contributed by atoms with Gasteiger partial charge in [-0.15, -0.1) is 0 Å². The molecule has 2 aromatic rings. The zero-order valence-electron chi connectivity index (χ0n) is 12.8. The van der Waals surface area contributed by atoms with Crippen LogP contribution in [0, 0.1) is 0 Å². The molecule has 0 saturated heterocycles. The monoisotopic (exact) mass is 286 g/mol. The lowest BCUT2D eigenvalue weighted by molar-refractivity contribution is 0.414. The first kappa shape index (κ1) is 15.1. The van der Waals surface area contributed by atoms with Gasteiger partial charge in [-0.1, -0.05) is 19.1 Å². The SMILES string of the molecule is CCc1c(NC)ncnc1NCCc1ccc(OC)cc1. The molecule has 0 atom stereocenters. The van der Waals surface area contributed by atoms with Crippen LogP contribution in [0.1, 0.15) is 18.1 Å². The van der Waals surface area contributed by atoms with Crippen LogP contribution in [-0.2, 0) is 12.8 Å². The van der Waals surface area contributed by atoms with Crippen LogP contribution in [0.3, 0.4) is 0 Å². The van der Waals surface area contributed by atoms with Crippen LogP contribution in [0.4, 0.5) is 11.6 Å². The Balaban J connectivity index is 1.96. The predicted octanol–water partition coefficient (Wildman–Crippen LogP) is 2.74. The van der Waals surface area contributed by atoms with Gasteiger partial charge in [0.15, 0.2) is 0 Å². The Morgan fingerprint density at radius 1 is 1.10 bits per heavy atom. The highest BCUT2D eigenvalue weighted by molar-refractivity contribution is 5.57. The Hall–Kier alpha value is -2.30. The van der Waals surface area contributed by atoms with E-state index in [1.54, 1.807) is 13.4 Å². The van der Waals surface area contributed by atoms with Gasteiger partial charge < -0.3 is 15.4 Å². The van der Waals surface area contributed by atoms with Crippen molar-refractivity contribution in [1.82, 2.24) is 9.97 Å². The Kier molecular flexibility index (Phi) is 5.37. The predicted molar refractivity (Wildman–Crippen MR) is 86.1 cm³/mol. The van der Waals surface area contributed by atoms with Crippen molar-refractivity contribution in [3.05, 3.63) is 41.7 Å². The summed E-state index contributed by atoms with van der Waals surface area (Å²) in [5.41, 5.74) is 2.39. The molecule has 0 fully saturated rings. The minimum absolute atomic E-state index is 0.833. The molecule has 0 unspecified atom stereocenters. The van der Waals surface area contributed by atoms with Gasteiger partial charge in [-0.2, -0.15) is 0 Å². The number of benzene rings is 1. The molecule has 0 aliphatic rings. The van der Waals surface area contributed by atoms with E-state index in [4.69, 9.17) is 4.74 Å². The van der Waals surface area contributed by atoms with Gasteiger partial charge in [-0.25, -0.2) is 9.97 Å². The van der Waals surface area contributed by atoms with Gasteiger partial charge >= 0.3 is 0 Å². The molecular weight excluding hydrogens is 264 g/mol. The molecule has 1 heterocycles. The van der Waals surface area contributed by atoms with E-state index in [9.17, 15) is 0 Å². The highest BCUT2D eigenvalue weighted by Crippen LogP contribution is 2.20. The Labute approximate surface area is 125 Å². The molecule has 21 heavy (non-hydrogen) atoms. The fourth-order valence-corrected chi connectivity index (χ4v) is 2.23. The molecule has 2 rings (SSSR count). The fraction of sp³-hybridized carbons (Fsp3) is 0.375. The Morgan fingerprint density at radius 3 is 2.43 bits per heavy atom. The summed E-state index contributed by atoms with van der Waals surface area (Å²) < 4.78 is 5.16. The minimum atomic E-state index is 0.833. The van der Waals surface area contributed by atoms with Crippen LogP contribution in [0.2, 0.25) is 0 Å². The number of hydrogen-bond acceptors (Lipinski definition) is 5. The van der Waals surface area contributed by atoms with E-state index in [0.717, 1.165) is 42.3 Å². The van der Waals surface area contributed by atoms with E-state index in [1.807, 2.05) is 19.2 Å². The van der Waals surface area contributed by atoms with E-state index in [1.165, 1.54) is 5.56 Å². The molecule has 0 bridgehead atoms. The molecular formula is C16H22N4O. The van der Waals surface area contributed by atoms with Crippen LogP contribution in [0.5, 0.6) is 5.75 Å². The van der Waals surface area contributed by atoms with Crippen molar-refractivity contribution in [3.63, 3.8) is 0 Å². The number of ether oxygens (including phenoxy) is 1. The van der Waals surface area contributed by atoms with Crippen LogP contribution in [0.15, 0.2) is 30.6 Å². The largest absolute Gasteiger partial charge is 0.497 e. The average Bonchev–Trinajstić information content (AvgIpc) is 2.55. The number of nitrogens with zero attached hydrogens (tertiary/aromatic N) is 2. The number of rotatable bonds is 7. The molecule has 1 aromatic heterocycles. The summed E-state index contributed by atoms with van der Waals surface area (Å²) in [6, 6.07) is 8.13. The summed E-state index contributed by atoms with van der Waals surface area (Å²) in [5, 5.41) is 6.50. The van der Waals surface area contributed by atoms with Gasteiger partial charge in [0.1, 0.15) is 23.7 Å². The molecule has 0 radical (unpaired) electrons. The molecule has 0 amide bonds. The zero-order valence-corrected chi connectivity index (χ0v) is 12.8. The lowest BCUT2D eigenvalue weighted by atomic mass is 10.1. The molecule has 0 aliphatic carbocycles. The summed E-state index contributed by atoms with van der Waals surface area (Å²) in [4.78, 5) is 8.57. The lowest BCUT2D eigenvalue weighted by Gasteiger charge is -2.12. The molecule has 1 aromatic carbocycles. The normalized spacial score (nSPS) is 10.2. The lowest BCUT2D eigenvalue weighted by Crippen LogP contribution is -2.10. The summed E-state index contributed by atoms with van der Waals surface area (Å²) in [6.07, 6.45) is 3.41. The molecule has 0 aliphatic heterocycles. The first-order chi connectivity index (χ1) is 10.3. The molecule has 0 saturated carbocycles. The highest BCUT2D eigenvalue weighted by atomic mass is 16.5. The van der Waals surface area contributed by atoms with Crippen molar-refractivity contribution in [2.75, 3.05) is 31.3 Å². The first-order valence-electron chi connectivity index (χ1n) is 7.17. The van der Waals surface area contributed by atoms with Crippen molar-refractivity contribution in [1.29, 1.82) is 0 Å². The maximum Gasteiger partial charge on any atom is 0.134 e. The topological polar surface area (TPSA) is 59.1 Å². The number of nitrogens with one attached hydrogen (secondary N) is 2. The number of anilines is 2. The maximum absolute atomic E-state index is 5.16. The highest BCUT2D eigenvalue weighted by Gasteiger charge is 2.07. The zero-order chi connectivity index (χ0) is 15.1. The average molecular weight is 286 g/mol.